The summed E-state index contributed by atoms with van der Waals surface area (Å²) in [5.41, 5.74) is 0. The lowest BCUT2D eigenvalue weighted by molar-refractivity contribution is -0.128. The zero-order valence-electron chi connectivity index (χ0n) is 8.06. The molecule has 2 aliphatic heterocycles. The Morgan fingerprint density at radius 2 is 2.20 bits per heavy atom. The first-order chi connectivity index (χ1) is 7.09. The molecule has 3 unspecified atom stereocenters. The van der Waals surface area contributed by atoms with Gasteiger partial charge >= 0.3 is 0 Å². The fraction of sp³-hybridized carbons (Fsp3) is 0.750. The number of hydrogen-bond acceptors (Lipinski definition) is 4. The van der Waals surface area contributed by atoms with Crippen LogP contribution >= 0.6 is 21.2 Å². The average Bonchev–Trinajstić information content (AvgIpc) is 2.51. The SMILES string of the molecule is O=C1CSC(=O)N1C1CN(P)CCC1F. The van der Waals surface area contributed by atoms with Crippen LogP contribution < -0.4 is 0 Å². The van der Waals surface area contributed by atoms with Crippen LogP contribution in [0.4, 0.5) is 9.18 Å². The van der Waals surface area contributed by atoms with Gasteiger partial charge in [-0.3, -0.25) is 19.2 Å². The summed E-state index contributed by atoms with van der Waals surface area (Å²) in [5, 5.41) is -0.312. The van der Waals surface area contributed by atoms with E-state index in [1.807, 2.05) is 4.67 Å². The highest BCUT2D eigenvalue weighted by Crippen LogP contribution is 2.28. The maximum Gasteiger partial charge on any atom is 0.289 e. The number of hydrogen-bond donors (Lipinski definition) is 0. The van der Waals surface area contributed by atoms with Crippen LogP contribution in [0.2, 0.25) is 0 Å². The lowest BCUT2D eigenvalue weighted by Gasteiger charge is -2.36. The molecule has 0 aromatic rings. The summed E-state index contributed by atoms with van der Waals surface area (Å²) in [5.74, 6) is -0.114. The van der Waals surface area contributed by atoms with Crippen molar-refractivity contribution in [3.8, 4) is 0 Å². The number of imide groups is 1. The monoisotopic (exact) mass is 250 g/mol. The third-order valence-corrected chi connectivity index (χ3v) is 3.95. The predicted octanol–water partition coefficient (Wildman–Crippen LogP) is 0.884. The van der Waals surface area contributed by atoms with Gasteiger partial charge in [0.05, 0.1) is 11.8 Å². The second-order valence-electron chi connectivity index (χ2n) is 3.69. The molecule has 2 aliphatic rings. The van der Waals surface area contributed by atoms with Crippen molar-refractivity contribution in [2.45, 2.75) is 18.6 Å². The Morgan fingerprint density at radius 1 is 1.47 bits per heavy atom. The van der Waals surface area contributed by atoms with Gasteiger partial charge in [0.15, 0.2) is 0 Å². The lowest BCUT2D eigenvalue weighted by Crippen LogP contribution is -2.53. The predicted molar refractivity (Wildman–Crippen MR) is 59.3 cm³/mol. The van der Waals surface area contributed by atoms with Crippen molar-refractivity contribution in [1.29, 1.82) is 0 Å². The highest BCUT2D eigenvalue weighted by atomic mass is 32.2. The summed E-state index contributed by atoms with van der Waals surface area (Å²) < 4.78 is 15.5. The Balaban J connectivity index is 2.13. The Morgan fingerprint density at radius 3 is 2.80 bits per heavy atom. The minimum Gasteiger partial charge on any atom is -0.285 e. The molecule has 2 fully saturated rings. The van der Waals surface area contributed by atoms with E-state index >= 15 is 0 Å². The maximum absolute atomic E-state index is 13.6. The molecule has 0 aromatic carbocycles. The summed E-state index contributed by atoms with van der Waals surface area (Å²) in [4.78, 5) is 23.9. The minimum absolute atomic E-state index is 0.152. The molecule has 2 rings (SSSR count). The molecule has 0 spiro atoms. The van der Waals surface area contributed by atoms with Crippen LogP contribution in [0.1, 0.15) is 6.42 Å². The van der Waals surface area contributed by atoms with Gasteiger partial charge in [-0.15, -0.1) is 0 Å². The molecule has 2 saturated heterocycles. The number of carbonyl (C=O) groups is 2. The molecule has 0 N–H and O–H groups in total. The van der Waals surface area contributed by atoms with Crippen LogP contribution in [0.3, 0.4) is 0 Å². The fourth-order valence-corrected chi connectivity index (χ4v) is 2.98. The number of carbonyl (C=O) groups excluding carboxylic acids is 2. The molecular weight excluding hydrogens is 238 g/mol. The first-order valence-electron chi connectivity index (χ1n) is 4.72. The molecule has 0 radical (unpaired) electrons. The smallest absolute Gasteiger partial charge is 0.285 e. The van der Waals surface area contributed by atoms with E-state index in [0.29, 0.717) is 19.5 Å². The summed E-state index contributed by atoms with van der Waals surface area (Å²) >= 11 is 0.956. The molecule has 3 atom stereocenters. The van der Waals surface area contributed by atoms with E-state index in [2.05, 4.69) is 9.39 Å². The highest BCUT2D eigenvalue weighted by Gasteiger charge is 2.42. The number of amides is 2. The maximum atomic E-state index is 13.6. The van der Waals surface area contributed by atoms with E-state index in [-0.39, 0.29) is 16.9 Å². The van der Waals surface area contributed by atoms with Crippen LogP contribution in [-0.4, -0.2) is 51.8 Å². The normalized spacial score (nSPS) is 33.9. The Kier molecular flexibility index (Phi) is 3.28. The van der Waals surface area contributed by atoms with E-state index in [1.54, 1.807) is 0 Å². The van der Waals surface area contributed by atoms with Crippen LogP contribution in [0.25, 0.3) is 0 Å². The molecule has 4 nitrogen and oxygen atoms in total. The molecule has 15 heavy (non-hydrogen) atoms. The second kappa shape index (κ2) is 4.36. The third kappa shape index (κ3) is 2.17. The fourth-order valence-electron chi connectivity index (χ4n) is 1.86. The first-order valence-corrected chi connectivity index (χ1v) is 6.22. The van der Waals surface area contributed by atoms with E-state index < -0.39 is 12.2 Å². The second-order valence-corrected chi connectivity index (χ2v) is 5.34. The average molecular weight is 250 g/mol. The third-order valence-electron chi connectivity index (χ3n) is 2.65. The van der Waals surface area contributed by atoms with Crippen molar-refractivity contribution in [1.82, 2.24) is 9.57 Å². The Hall–Kier alpha value is -0.190. The van der Waals surface area contributed by atoms with Gasteiger partial charge in [-0.1, -0.05) is 21.2 Å². The number of piperidine rings is 1. The van der Waals surface area contributed by atoms with Gasteiger partial charge < -0.3 is 0 Å². The first kappa shape index (κ1) is 11.3. The van der Waals surface area contributed by atoms with Crippen molar-refractivity contribution in [3.63, 3.8) is 0 Å². The molecule has 0 saturated carbocycles. The van der Waals surface area contributed by atoms with Crippen LogP contribution in [-0.2, 0) is 4.79 Å². The molecule has 0 aromatic heterocycles. The summed E-state index contributed by atoms with van der Waals surface area (Å²) in [6.07, 6.45) is -0.719. The number of halogens is 1. The Labute approximate surface area is 93.8 Å². The van der Waals surface area contributed by atoms with E-state index in [1.165, 1.54) is 0 Å². The molecule has 0 bridgehead atoms. The van der Waals surface area contributed by atoms with Crippen molar-refractivity contribution >= 4 is 32.3 Å². The summed E-state index contributed by atoms with van der Waals surface area (Å²) in [6, 6.07) is -0.605. The van der Waals surface area contributed by atoms with Gasteiger partial charge in [0, 0.05) is 13.1 Å². The molecule has 7 heteroatoms. The quantitative estimate of drug-likeness (QED) is 0.648. The minimum atomic E-state index is -1.09. The van der Waals surface area contributed by atoms with Gasteiger partial charge in [0.1, 0.15) is 6.17 Å². The summed E-state index contributed by atoms with van der Waals surface area (Å²) in [6.45, 7) is 1.05. The molecule has 2 heterocycles. The van der Waals surface area contributed by atoms with Crippen LogP contribution in [0.15, 0.2) is 0 Å². The van der Waals surface area contributed by atoms with Gasteiger partial charge in [-0.2, -0.15) is 0 Å². The standard InChI is InChI=1S/C8H12FN2O2PS/c9-5-1-2-10(14)3-6(5)11-7(12)4-15-8(11)13/h5-6H,1-4,14H2. The molecule has 0 aliphatic carbocycles. The summed E-state index contributed by atoms with van der Waals surface area (Å²) in [7, 11) is 2.49. The lowest BCUT2D eigenvalue weighted by atomic mass is 10.0. The van der Waals surface area contributed by atoms with Crippen molar-refractivity contribution < 1.29 is 14.0 Å². The zero-order valence-corrected chi connectivity index (χ0v) is 10.0. The van der Waals surface area contributed by atoms with E-state index in [9.17, 15) is 14.0 Å². The van der Waals surface area contributed by atoms with Crippen LogP contribution in [0.5, 0.6) is 0 Å². The number of nitrogens with zero attached hydrogens (tertiary/aromatic N) is 2. The largest absolute Gasteiger partial charge is 0.289 e. The van der Waals surface area contributed by atoms with Crippen LogP contribution in [0, 0.1) is 0 Å². The van der Waals surface area contributed by atoms with Crippen molar-refractivity contribution in [2.24, 2.45) is 0 Å². The van der Waals surface area contributed by atoms with Gasteiger partial charge in [0.25, 0.3) is 5.24 Å². The van der Waals surface area contributed by atoms with Crippen molar-refractivity contribution in [3.05, 3.63) is 0 Å². The topological polar surface area (TPSA) is 40.6 Å². The number of thioether (sulfide) groups is 1. The van der Waals surface area contributed by atoms with E-state index in [0.717, 1.165) is 16.7 Å². The number of alkyl halides is 1. The number of rotatable bonds is 1. The van der Waals surface area contributed by atoms with Gasteiger partial charge in [-0.25, -0.2) is 4.39 Å². The van der Waals surface area contributed by atoms with E-state index in [4.69, 9.17) is 0 Å². The van der Waals surface area contributed by atoms with Crippen molar-refractivity contribution in [2.75, 3.05) is 18.8 Å². The Bertz CT molecular complexity index is 288. The van der Waals surface area contributed by atoms with Gasteiger partial charge in [0.2, 0.25) is 5.91 Å². The zero-order chi connectivity index (χ0) is 11.0. The molecular formula is C8H12FN2O2PS. The molecule has 84 valence electrons. The molecule has 2 amide bonds. The highest BCUT2D eigenvalue weighted by molar-refractivity contribution is 8.14. The van der Waals surface area contributed by atoms with Gasteiger partial charge in [-0.05, 0) is 6.42 Å².